The van der Waals surface area contributed by atoms with E-state index in [1.54, 1.807) is 30.2 Å². The number of nitrogens with one attached hydrogen (secondary N) is 1. The van der Waals surface area contributed by atoms with Crippen LogP contribution < -0.4 is 5.32 Å². The van der Waals surface area contributed by atoms with Crippen molar-refractivity contribution in [2.24, 2.45) is 7.05 Å². The van der Waals surface area contributed by atoms with E-state index in [2.05, 4.69) is 15.5 Å². The topological polar surface area (TPSA) is 94.2 Å². The first-order valence-corrected chi connectivity index (χ1v) is 11.0. The monoisotopic (exact) mass is 485 g/mol. The van der Waals surface area contributed by atoms with Crippen LogP contribution in [0.5, 0.6) is 0 Å². The highest BCUT2D eigenvalue weighted by atomic mass is 19.1. The van der Waals surface area contributed by atoms with Gasteiger partial charge in [0.2, 0.25) is 0 Å². The Kier molecular flexibility index (Phi) is 6.03. The van der Waals surface area contributed by atoms with Crippen LogP contribution in [-0.2, 0) is 18.3 Å². The lowest BCUT2D eigenvalue weighted by Gasteiger charge is -2.28. The van der Waals surface area contributed by atoms with Crippen LogP contribution in [0, 0.1) is 17.5 Å². The average Bonchev–Trinajstić information content (AvgIpc) is 3.44. The standard InChI is InChI=1S/C24H22F3N5O3/c1-31-10-15(9-28-31)13-2-3-14(18(27)8-13)11-32-23-17(26)5-4-16(25)21(23)22(30-32)24(34)29-19-6-7-35-12-20(19)33/h2-5,8-10,19-20,33H,6-7,11-12H2,1H3,(H,29,34)/t19-,20-/m0/s1. The van der Waals surface area contributed by atoms with Gasteiger partial charge in [0.05, 0.1) is 36.9 Å². The van der Waals surface area contributed by atoms with Crippen LogP contribution in [0.3, 0.4) is 0 Å². The summed E-state index contributed by atoms with van der Waals surface area (Å²) in [5.41, 5.74) is 0.917. The molecule has 2 atom stereocenters. The summed E-state index contributed by atoms with van der Waals surface area (Å²) in [7, 11) is 1.75. The van der Waals surface area contributed by atoms with E-state index in [-0.39, 0.29) is 35.3 Å². The number of halogens is 3. The van der Waals surface area contributed by atoms with Crippen molar-refractivity contribution in [3.63, 3.8) is 0 Å². The van der Waals surface area contributed by atoms with Crippen molar-refractivity contribution in [1.82, 2.24) is 24.9 Å². The second kappa shape index (κ2) is 9.16. The number of fused-ring (bicyclic) bond motifs is 1. The van der Waals surface area contributed by atoms with Gasteiger partial charge in [0, 0.05) is 31.0 Å². The van der Waals surface area contributed by atoms with Crippen LogP contribution in [0.15, 0.2) is 42.7 Å². The lowest BCUT2D eigenvalue weighted by atomic mass is 10.1. The second-order valence-corrected chi connectivity index (χ2v) is 8.48. The van der Waals surface area contributed by atoms with Gasteiger partial charge in [-0.25, -0.2) is 13.2 Å². The Bertz CT molecular complexity index is 1420. The number of carbonyl (C=O) groups is 1. The van der Waals surface area contributed by atoms with E-state index in [1.807, 2.05) is 0 Å². The summed E-state index contributed by atoms with van der Waals surface area (Å²) in [6.07, 6.45) is 2.77. The van der Waals surface area contributed by atoms with Crippen molar-refractivity contribution < 1.29 is 27.8 Å². The molecule has 35 heavy (non-hydrogen) atoms. The zero-order valence-electron chi connectivity index (χ0n) is 18.7. The molecule has 2 aromatic carbocycles. The molecule has 0 radical (unpaired) electrons. The molecule has 4 aromatic rings. The first kappa shape index (κ1) is 23.1. The van der Waals surface area contributed by atoms with Gasteiger partial charge in [0.15, 0.2) is 5.69 Å². The zero-order chi connectivity index (χ0) is 24.7. The molecule has 0 spiro atoms. The Hall–Kier alpha value is -3.70. The Morgan fingerprint density at radius 1 is 1.17 bits per heavy atom. The summed E-state index contributed by atoms with van der Waals surface area (Å²) < 4.78 is 52.4. The maximum absolute atomic E-state index is 15.0. The predicted molar refractivity (Wildman–Crippen MR) is 120 cm³/mol. The molecule has 11 heteroatoms. The summed E-state index contributed by atoms with van der Waals surface area (Å²) in [4.78, 5) is 13.0. The maximum Gasteiger partial charge on any atom is 0.272 e. The number of aryl methyl sites for hydroxylation is 1. The third kappa shape index (κ3) is 4.40. The molecule has 3 heterocycles. The molecule has 2 aromatic heterocycles. The van der Waals surface area contributed by atoms with Crippen LogP contribution in [0.25, 0.3) is 22.0 Å². The number of ether oxygens (including phenoxy) is 1. The number of benzene rings is 2. The largest absolute Gasteiger partial charge is 0.389 e. The molecule has 0 bridgehead atoms. The van der Waals surface area contributed by atoms with Crippen molar-refractivity contribution in [2.75, 3.05) is 13.2 Å². The summed E-state index contributed by atoms with van der Waals surface area (Å²) in [6, 6.07) is 5.77. The molecule has 0 saturated carbocycles. The minimum Gasteiger partial charge on any atom is -0.389 e. The number of aliphatic hydroxyl groups is 1. The van der Waals surface area contributed by atoms with E-state index in [9.17, 15) is 23.1 Å². The third-order valence-corrected chi connectivity index (χ3v) is 6.06. The van der Waals surface area contributed by atoms with Crippen LogP contribution in [0.1, 0.15) is 22.5 Å². The molecule has 1 aliphatic heterocycles. The summed E-state index contributed by atoms with van der Waals surface area (Å²) in [6.45, 7) is 0.162. The Balaban J connectivity index is 1.50. The van der Waals surface area contributed by atoms with Crippen molar-refractivity contribution in [2.45, 2.75) is 25.1 Å². The zero-order valence-corrected chi connectivity index (χ0v) is 18.7. The summed E-state index contributed by atoms with van der Waals surface area (Å²) in [5, 5.41) is 20.6. The van der Waals surface area contributed by atoms with Crippen molar-refractivity contribution in [3.8, 4) is 11.1 Å². The molecule has 1 fully saturated rings. The minimum absolute atomic E-state index is 0.0530. The molecule has 0 aliphatic carbocycles. The third-order valence-electron chi connectivity index (χ3n) is 6.06. The second-order valence-electron chi connectivity index (χ2n) is 8.48. The number of nitrogens with zero attached hydrogens (tertiary/aromatic N) is 4. The lowest BCUT2D eigenvalue weighted by molar-refractivity contribution is -0.0261. The van der Waals surface area contributed by atoms with Gasteiger partial charge in [0.1, 0.15) is 23.0 Å². The van der Waals surface area contributed by atoms with E-state index in [0.717, 1.165) is 22.4 Å². The van der Waals surface area contributed by atoms with Crippen molar-refractivity contribution in [1.29, 1.82) is 0 Å². The van der Waals surface area contributed by atoms with E-state index < -0.39 is 35.5 Å². The normalized spacial score (nSPS) is 18.2. The smallest absolute Gasteiger partial charge is 0.272 e. The molecule has 1 saturated heterocycles. The molecule has 0 unspecified atom stereocenters. The van der Waals surface area contributed by atoms with E-state index in [1.165, 1.54) is 12.1 Å². The molecule has 1 aliphatic rings. The minimum atomic E-state index is -0.935. The van der Waals surface area contributed by atoms with Gasteiger partial charge in [-0.3, -0.25) is 14.2 Å². The fourth-order valence-electron chi connectivity index (χ4n) is 4.23. The molecule has 182 valence electrons. The predicted octanol–water partition coefficient (Wildman–Crippen LogP) is 2.78. The van der Waals surface area contributed by atoms with Crippen LogP contribution in [0.4, 0.5) is 13.2 Å². The Labute approximate surface area is 197 Å². The van der Waals surface area contributed by atoms with Gasteiger partial charge in [-0.1, -0.05) is 12.1 Å². The number of hydrogen-bond donors (Lipinski definition) is 2. The number of hydrogen-bond acceptors (Lipinski definition) is 5. The molecular weight excluding hydrogens is 463 g/mol. The first-order chi connectivity index (χ1) is 16.8. The Morgan fingerprint density at radius 3 is 2.69 bits per heavy atom. The fraction of sp³-hybridized carbons (Fsp3) is 0.292. The van der Waals surface area contributed by atoms with Crippen molar-refractivity contribution in [3.05, 3.63) is 71.4 Å². The van der Waals surface area contributed by atoms with E-state index in [4.69, 9.17) is 4.74 Å². The van der Waals surface area contributed by atoms with Gasteiger partial charge in [-0.2, -0.15) is 10.2 Å². The molecule has 2 N–H and O–H groups in total. The van der Waals surface area contributed by atoms with Gasteiger partial charge < -0.3 is 15.2 Å². The highest BCUT2D eigenvalue weighted by Crippen LogP contribution is 2.27. The lowest BCUT2D eigenvalue weighted by Crippen LogP contribution is -2.48. The highest BCUT2D eigenvalue weighted by molar-refractivity contribution is 6.05. The van der Waals surface area contributed by atoms with Gasteiger partial charge in [-0.05, 0) is 30.2 Å². The van der Waals surface area contributed by atoms with Gasteiger partial charge in [0.25, 0.3) is 5.91 Å². The molecular formula is C24H22F3N5O3. The fourth-order valence-corrected chi connectivity index (χ4v) is 4.23. The number of aromatic nitrogens is 4. The van der Waals surface area contributed by atoms with Gasteiger partial charge >= 0.3 is 0 Å². The van der Waals surface area contributed by atoms with Crippen LogP contribution in [0.2, 0.25) is 0 Å². The average molecular weight is 485 g/mol. The highest BCUT2D eigenvalue weighted by Gasteiger charge is 2.29. The van der Waals surface area contributed by atoms with Gasteiger partial charge in [-0.15, -0.1) is 0 Å². The number of aliphatic hydroxyl groups excluding tert-OH is 1. The summed E-state index contributed by atoms with van der Waals surface area (Å²) in [5.74, 6) is -2.97. The van der Waals surface area contributed by atoms with Crippen molar-refractivity contribution >= 4 is 16.8 Å². The molecule has 8 nitrogen and oxygen atoms in total. The quantitative estimate of drug-likeness (QED) is 0.454. The maximum atomic E-state index is 15.0. The van der Waals surface area contributed by atoms with Crippen LogP contribution in [-0.4, -0.2) is 55.9 Å². The van der Waals surface area contributed by atoms with E-state index >= 15 is 0 Å². The van der Waals surface area contributed by atoms with E-state index in [0.29, 0.717) is 18.6 Å². The first-order valence-electron chi connectivity index (χ1n) is 11.0. The summed E-state index contributed by atoms with van der Waals surface area (Å²) >= 11 is 0. The molecule has 1 amide bonds. The number of carbonyl (C=O) groups excluding carboxylic acids is 1. The number of amides is 1. The SMILES string of the molecule is Cn1cc(-c2ccc(Cn3nc(C(=O)N[C@H]4CCOC[C@@H]4O)c4c(F)ccc(F)c43)c(F)c2)cn1. The molecule has 5 rings (SSSR count). The Morgan fingerprint density at radius 2 is 1.97 bits per heavy atom. The number of rotatable bonds is 5. The van der Waals surface area contributed by atoms with Crippen LogP contribution >= 0.6 is 0 Å².